The van der Waals surface area contributed by atoms with Crippen molar-refractivity contribution >= 4 is 0 Å². The van der Waals surface area contributed by atoms with Crippen LogP contribution in [0.25, 0.3) is 11.1 Å². The fourth-order valence-electron chi connectivity index (χ4n) is 5.40. The normalized spacial score (nSPS) is 17.6. The van der Waals surface area contributed by atoms with Crippen molar-refractivity contribution < 1.29 is 13.5 Å². The van der Waals surface area contributed by atoms with Gasteiger partial charge < -0.3 is 4.74 Å². The summed E-state index contributed by atoms with van der Waals surface area (Å²) in [7, 11) is 0. The van der Waals surface area contributed by atoms with Gasteiger partial charge in [0.2, 0.25) is 5.82 Å². The van der Waals surface area contributed by atoms with Crippen LogP contribution in [0, 0.1) is 17.6 Å². The van der Waals surface area contributed by atoms with E-state index in [-0.39, 0.29) is 17.9 Å². The molecule has 1 saturated carbocycles. The highest BCUT2D eigenvalue weighted by Gasteiger charge is 2.21. The van der Waals surface area contributed by atoms with E-state index in [1.54, 1.807) is 12.1 Å². The average Bonchev–Trinajstić information content (AvgIpc) is 2.95. The third-order valence-electron chi connectivity index (χ3n) is 7.66. The molecule has 200 valence electrons. The zero-order valence-electron chi connectivity index (χ0n) is 22.6. The monoisotopic (exact) mass is 514 g/mol. The summed E-state index contributed by atoms with van der Waals surface area (Å²) < 4.78 is 34.6. The standard InChI is InChI=1S/C35H40F2O/c1-3-5-25-38-33-24-23-32(34(36)35(33)37)31-21-19-30(20-22-31)29-17-15-28(16-18-29)10-7-6-9-27-13-11-26(8-4-2)12-14-27/h3,7,10-14,19-24,28-29H,1,4-6,8-9,15-18,25H2,2H3/b10-7+. The van der Waals surface area contributed by atoms with E-state index in [2.05, 4.69) is 62.1 Å². The van der Waals surface area contributed by atoms with Crippen molar-refractivity contribution in [3.05, 3.63) is 114 Å². The lowest BCUT2D eigenvalue weighted by Gasteiger charge is -2.27. The first-order valence-electron chi connectivity index (χ1n) is 14.2. The molecule has 3 aromatic carbocycles. The third kappa shape index (κ3) is 7.43. The number of halogens is 2. The summed E-state index contributed by atoms with van der Waals surface area (Å²) in [6, 6.07) is 20.1. The second-order valence-corrected chi connectivity index (χ2v) is 10.4. The molecule has 0 unspecified atom stereocenters. The first kappa shape index (κ1) is 27.8. The minimum Gasteiger partial charge on any atom is -0.490 e. The summed E-state index contributed by atoms with van der Waals surface area (Å²) in [4.78, 5) is 0. The molecule has 0 N–H and O–H groups in total. The smallest absolute Gasteiger partial charge is 0.201 e. The van der Waals surface area contributed by atoms with Crippen LogP contribution >= 0.6 is 0 Å². The number of rotatable bonds is 12. The summed E-state index contributed by atoms with van der Waals surface area (Å²) in [5.41, 5.74) is 5.07. The zero-order valence-corrected chi connectivity index (χ0v) is 22.6. The van der Waals surface area contributed by atoms with E-state index in [1.807, 2.05) is 12.1 Å². The van der Waals surface area contributed by atoms with Crippen molar-refractivity contribution in [3.8, 4) is 16.9 Å². The molecule has 0 amide bonds. The molecule has 0 spiro atoms. The van der Waals surface area contributed by atoms with Gasteiger partial charge in [0.1, 0.15) is 0 Å². The third-order valence-corrected chi connectivity index (χ3v) is 7.66. The van der Waals surface area contributed by atoms with Crippen molar-refractivity contribution in [1.82, 2.24) is 0 Å². The van der Waals surface area contributed by atoms with Gasteiger partial charge in [-0.25, -0.2) is 4.39 Å². The lowest BCUT2D eigenvalue weighted by molar-refractivity contribution is 0.302. The van der Waals surface area contributed by atoms with Crippen LogP contribution in [0.5, 0.6) is 5.75 Å². The number of ether oxygens (including phenoxy) is 1. The SMILES string of the molecule is C=CCCOc1ccc(-c2ccc(C3CCC(/C=C/CCc4ccc(CCC)cc4)CC3)cc2)c(F)c1F. The molecule has 4 rings (SSSR count). The van der Waals surface area contributed by atoms with Crippen LogP contribution in [0.15, 0.2) is 85.5 Å². The van der Waals surface area contributed by atoms with Gasteiger partial charge in [-0.2, -0.15) is 4.39 Å². The summed E-state index contributed by atoms with van der Waals surface area (Å²) in [5.74, 6) is -0.683. The maximum absolute atomic E-state index is 14.7. The van der Waals surface area contributed by atoms with Gasteiger partial charge in [-0.1, -0.05) is 80.1 Å². The van der Waals surface area contributed by atoms with Crippen molar-refractivity contribution in [1.29, 1.82) is 0 Å². The Morgan fingerprint density at radius 1 is 0.816 bits per heavy atom. The van der Waals surface area contributed by atoms with E-state index < -0.39 is 11.6 Å². The van der Waals surface area contributed by atoms with Gasteiger partial charge in [0.25, 0.3) is 0 Å². The number of aryl methyl sites for hydroxylation is 2. The Bertz CT molecular complexity index is 1190. The highest BCUT2D eigenvalue weighted by Crippen LogP contribution is 2.37. The second-order valence-electron chi connectivity index (χ2n) is 10.4. The van der Waals surface area contributed by atoms with Gasteiger partial charge in [0.05, 0.1) is 6.61 Å². The van der Waals surface area contributed by atoms with E-state index in [0.29, 0.717) is 23.8 Å². The van der Waals surface area contributed by atoms with E-state index in [4.69, 9.17) is 4.74 Å². The van der Waals surface area contributed by atoms with Gasteiger partial charge in [-0.15, -0.1) is 6.58 Å². The van der Waals surface area contributed by atoms with Crippen molar-refractivity contribution in [2.24, 2.45) is 5.92 Å². The first-order valence-corrected chi connectivity index (χ1v) is 14.2. The topological polar surface area (TPSA) is 9.23 Å². The van der Waals surface area contributed by atoms with Crippen LogP contribution < -0.4 is 4.74 Å². The molecule has 3 aromatic rings. The Morgan fingerprint density at radius 2 is 1.50 bits per heavy atom. The van der Waals surface area contributed by atoms with E-state index in [1.165, 1.54) is 42.0 Å². The van der Waals surface area contributed by atoms with Crippen LogP contribution in [0.4, 0.5) is 8.78 Å². The molecule has 1 fully saturated rings. The molecule has 38 heavy (non-hydrogen) atoms. The van der Waals surface area contributed by atoms with E-state index >= 15 is 0 Å². The van der Waals surface area contributed by atoms with Crippen LogP contribution in [-0.2, 0) is 12.8 Å². The van der Waals surface area contributed by atoms with E-state index in [0.717, 1.165) is 32.1 Å². The molecule has 0 heterocycles. The molecule has 0 atom stereocenters. The predicted molar refractivity (Wildman–Crippen MR) is 155 cm³/mol. The molecule has 3 heteroatoms. The van der Waals surface area contributed by atoms with Gasteiger partial charge in [0, 0.05) is 5.56 Å². The van der Waals surface area contributed by atoms with Crippen molar-refractivity contribution in [2.75, 3.05) is 6.61 Å². The second kappa shape index (κ2) is 14.1. The van der Waals surface area contributed by atoms with Crippen LogP contribution in [0.3, 0.4) is 0 Å². The maximum atomic E-state index is 14.7. The molecule has 0 radical (unpaired) electrons. The summed E-state index contributed by atoms with van der Waals surface area (Å²) >= 11 is 0. The molecule has 1 aliphatic rings. The number of hydrogen-bond acceptors (Lipinski definition) is 1. The van der Waals surface area contributed by atoms with Crippen LogP contribution in [0.1, 0.15) is 74.5 Å². The Balaban J connectivity index is 1.26. The minimum atomic E-state index is -0.938. The Hall–Kier alpha value is -3.20. The number of allylic oxidation sites excluding steroid dienone is 2. The number of benzene rings is 3. The highest BCUT2D eigenvalue weighted by atomic mass is 19.2. The Morgan fingerprint density at radius 3 is 2.16 bits per heavy atom. The number of hydrogen-bond donors (Lipinski definition) is 0. The van der Waals surface area contributed by atoms with Gasteiger partial charge in [-0.05, 0) is 97.6 Å². The van der Waals surface area contributed by atoms with Gasteiger partial charge >= 0.3 is 0 Å². The maximum Gasteiger partial charge on any atom is 0.201 e. The fraction of sp³-hybridized carbons (Fsp3) is 0.371. The predicted octanol–water partition coefficient (Wildman–Crippen LogP) is 10.0. The van der Waals surface area contributed by atoms with Gasteiger partial charge in [-0.3, -0.25) is 0 Å². The van der Waals surface area contributed by atoms with Crippen molar-refractivity contribution in [2.45, 2.75) is 70.6 Å². The first-order chi connectivity index (χ1) is 18.6. The largest absolute Gasteiger partial charge is 0.490 e. The van der Waals surface area contributed by atoms with Crippen LogP contribution in [0.2, 0.25) is 0 Å². The van der Waals surface area contributed by atoms with E-state index in [9.17, 15) is 8.78 Å². The summed E-state index contributed by atoms with van der Waals surface area (Å²) in [6.45, 7) is 6.11. The lowest BCUT2D eigenvalue weighted by atomic mass is 9.78. The molecule has 1 nitrogen and oxygen atoms in total. The summed E-state index contributed by atoms with van der Waals surface area (Å²) in [5, 5.41) is 0. The Labute approximate surface area is 227 Å². The van der Waals surface area contributed by atoms with Gasteiger partial charge in [0.15, 0.2) is 11.6 Å². The molecule has 0 aliphatic heterocycles. The molecule has 0 saturated heterocycles. The average molecular weight is 515 g/mol. The molecule has 0 aromatic heterocycles. The fourth-order valence-corrected chi connectivity index (χ4v) is 5.40. The Kier molecular flexibility index (Phi) is 10.3. The van der Waals surface area contributed by atoms with Crippen LogP contribution in [-0.4, -0.2) is 6.61 Å². The lowest BCUT2D eigenvalue weighted by Crippen LogP contribution is -2.11. The van der Waals surface area contributed by atoms with Crippen molar-refractivity contribution in [3.63, 3.8) is 0 Å². The molecular weight excluding hydrogens is 474 g/mol. The quantitative estimate of drug-likeness (QED) is 0.173. The minimum absolute atomic E-state index is 0.0587. The highest BCUT2D eigenvalue weighted by molar-refractivity contribution is 5.65. The summed E-state index contributed by atoms with van der Waals surface area (Å²) in [6.07, 6.45) is 16.3. The zero-order chi connectivity index (χ0) is 26.7. The molecule has 0 bridgehead atoms. The molecule has 1 aliphatic carbocycles. The molecular formula is C35H40F2O.